The Morgan fingerprint density at radius 2 is 1.71 bits per heavy atom. The van der Waals surface area contributed by atoms with Crippen LogP contribution < -0.4 is 4.72 Å². The van der Waals surface area contributed by atoms with E-state index in [0.29, 0.717) is 21.1 Å². The van der Waals surface area contributed by atoms with Gasteiger partial charge in [0.25, 0.3) is 10.0 Å². The van der Waals surface area contributed by atoms with E-state index in [1.54, 1.807) is 30.3 Å². The maximum absolute atomic E-state index is 12.3. The zero-order valence-corrected chi connectivity index (χ0v) is 14.8. The average molecular weight is 389 g/mol. The molecule has 0 heterocycles. The third-order valence-electron chi connectivity index (χ3n) is 3.03. The Kier molecular flexibility index (Phi) is 4.96. The fraction of sp³-hybridized carbons (Fsp3) is 0.200. The van der Waals surface area contributed by atoms with E-state index in [-0.39, 0.29) is 4.90 Å². The Morgan fingerprint density at radius 1 is 1.10 bits per heavy atom. The van der Waals surface area contributed by atoms with E-state index < -0.39 is 10.0 Å². The van der Waals surface area contributed by atoms with E-state index >= 15 is 0 Å². The van der Waals surface area contributed by atoms with Crippen molar-refractivity contribution >= 4 is 43.2 Å². The molecule has 0 fully saturated rings. The second kappa shape index (κ2) is 6.38. The molecule has 0 atom stereocenters. The van der Waals surface area contributed by atoms with Gasteiger partial charge in [0.05, 0.1) is 15.6 Å². The molecule has 2 aromatic rings. The van der Waals surface area contributed by atoms with Gasteiger partial charge in [-0.2, -0.15) is 0 Å². The lowest BCUT2D eigenvalue weighted by molar-refractivity contribution is 0.601. The van der Waals surface area contributed by atoms with Gasteiger partial charge in [0, 0.05) is 4.47 Å². The number of halogens is 2. The highest BCUT2D eigenvalue weighted by Crippen LogP contribution is 2.27. The summed E-state index contributed by atoms with van der Waals surface area (Å²) in [5.74, 6) is 0.361. The van der Waals surface area contributed by atoms with Crippen LogP contribution in [0.2, 0.25) is 5.02 Å². The van der Waals surface area contributed by atoms with Crippen LogP contribution in [-0.2, 0) is 10.0 Å². The summed E-state index contributed by atoms with van der Waals surface area (Å²) in [6, 6.07) is 11.8. The Labute approximate surface area is 138 Å². The van der Waals surface area contributed by atoms with Gasteiger partial charge in [-0.25, -0.2) is 8.42 Å². The lowest BCUT2D eigenvalue weighted by Gasteiger charge is -2.10. The Bertz CT molecular complexity index is 743. The summed E-state index contributed by atoms with van der Waals surface area (Å²) in [6.45, 7) is 4.12. The zero-order chi connectivity index (χ0) is 15.6. The van der Waals surface area contributed by atoms with Crippen molar-refractivity contribution in [1.29, 1.82) is 0 Å². The maximum Gasteiger partial charge on any atom is 0.261 e. The molecule has 0 amide bonds. The van der Waals surface area contributed by atoms with Crippen LogP contribution in [0.4, 0.5) is 5.69 Å². The highest BCUT2D eigenvalue weighted by molar-refractivity contribution is 9.10. The van der Waals surface area contributed by atoms with Crippen LogP contribution in [0.5, 0.6) is 0 Å². The molecule has 0 unspecified atom stereocenters. The average Bonchev–Trinajstić information content (AvgIpc) is 2.43. The minimum Gasteiger partial charge on any atom is -0.280 e. The molecule has 0 aliphatic rings. The normalized spacial score (nSPS) is 11.7. The number of nitrogens with one attached hydrogen (secondary N) is 1. The number of rotatable bonds is 4. The molecule has 0 aliphatic carbocycles. The van der Waals surface area contributed by atoms with Gasteiger partial charge in [0.2, 0.25) is 0 Å². The minimum atomic E-state index is -3.61. The minimum absolute atomic E-state index is 0.228. The van der Waals surface area contributed by atoms with Crippen molar-refractivity contribution in [3.05, 3.63) is 57.5 Å². The molecule has 2 aromatic carbocycles. The summed E-state index contributed by atoms with van der Waals surface area (Å²) in [7, 11) is -3.61. The Morgan fingerprint density at radius 3 is 2.24 bits per heavy atom. The van der Waals surface area contributed by atoms with Crippen molar-refractivity contribution in [2.24, 2.45) is 0 Å². The van der Waals surface area contributed by atoms with Gasteiger partial charge in [0.15, 0.2) is 0 Å². The van der Waals surface area contributed by atoms with Crippen LogP contribution in [0, 0.1) is 0 Å². The smallest absolute Gasteiger partial charge is 0.261 e. The van der Waals surface area contributed by atoms with Crippen molar-refractivity contribution in [3.63, 3.8) is 0 Å². The Hall–Kier alpha value is -1.04. The highest BCUT2D eigenvalue weighted by atomic mass is 79.9. The van der Waals surface area contributed by atoms with Gasteiger partial charge < -0.3 is 0 Å². The van der Waals surface area contributed by atoms with Gasteiger partial charge in [-0.15, -0.1) is 0 Å². The lowest BCUT2D eigenvalue weighted by atomic mass is 10.0. The second-order valence-corrected chi connectivity index (χ2v) is 7.90. The van der Waals surface area contributed by atoms with Crippen LogP contribution in [0.1, 0.15) is 25.3 Å². The molecule has 0 aliphatic heterocycles. The van der Waals surface area contributed by atoms with Crippen molar-refractivity contribution in [1.82, 2.24) is 0 Å². The van der Waals surface area contributed by atoms with E-state index in [2.05, 4.69) is 34.5 Å². The second-order valence-electron chi connectivity index (χ2n) is 4.96. The summed E-state index contributed by atoms with van der Waals surface area (Å²) in [5.41, 5.74) is 1.52. The standard InChI is InChI=1S/C15H15BrClNO2S/c1-10(2)11-3-6-13(7-4-11)21(19,20)18-12-5-8-14(16)15(17)9-12/h3-10,18H,1-2H3. The van der Waals surface area contributed by atoms with E-state index in [0.717, 1.165) is 5.56 Å². The topological polar surface area (TPSA) is 46.2 Å². The third kappa shape index (κ3) is 3.99. The monoisotopic (exact) mass is 387 g/mol. The molecular formula is C15H15BrClNO2S. The number of sulfonamides is 1. The molecule has 3 nitrogen and oxygen atoms in total. The van der Waals surface area contributed by atoms with Gasteiger partial charge >= 0.3 is 0 Å². The molecule has 0 aromatic heterocycles. The van der Waals surface area contributed by atoms with Crippen LogP contribution in [0.15, 0.2) is 51.8 Å². The van der Waals surface area contributed by atoms with Gasteiger partial charge in [-0.3, -0.25) is 4.72 Å². The summed E-state index contributed by atoms with van der Waals surface area (Å²) in [6.07, 6.45) is 0. The maximum atomic E-state index is 12.3. The van der Waals surface area contributed by atoms with Crippen molar-refractivity contribution in [2.45, 2.75) is 24.7 Å². The first-order chi connectivity index (χ1) is 9.79. The summed E-state index contributed by atoms with van der Waals surface area (Å²) >= 11 is 9.23. The summed E-state index contributed by atoms with van der Waals surface area (Å²) in [4.78, 5) is 0.228. The largest absolute Gasteiger partial charge is 0.280 e. The molecule has 0 spiro atoms. The Balaban J connectivity index is 2.27. The quantitative estimate of drug-likeness (QED) is 0.798. The molecule has 0 radical (unpaired) electrons. The molecule has 6 heteroatoms. The summed E-state index contributed by atoms with van der Waals surface area (Å²) < 4.78 is 27.9. The van der Waals surface area contributed by atoms with Crippen LogP contribution >= 0.6 is 27.5 Å². The van der Waals surface area contributed by atoms with Gasteiger partial charge in [-0.05, 0) is 57.7 Å². The van der Waals surface area contributed by atoms with E-state index in [1.165, 1.54) is 0 Å². The third-order valence-corrected chi connectivity index (χ3v) is 5.66. The number of hydrogen-bond acceptors (Lipinski definition) is 2. The van der Waals surface area contributed by atoms with Crippen LogP contribution in [-0.4, -0.2) is 8.42 Å². The van der Waals surface area contributed by atoms with Gasteiger partial charge in [0.1, 0.15) is 0 Å². The molecular weight excluding hydrogens is 374 g/mol. The first kappa shape index (κ1) is 16.3. The molecule has 0 saturated heterocycles. The van der Waals surface area contributed by atoms with Crippen molar-refractivity contribution in [3.8, 4) is 0 Å². The van der Waals surface area contributed by atoms with E-state index in [4.69, 9.17) is 11.6 Å². The predicted molar refractivity (Wildman–Crippen MR) is 90.5 cm³/mol. The van der Waals surface area contributed by atoms with Crippen LogP contribution in [0.3, 0.4) is 0 Å². The van der Waals surface area contributed by atoms with Crippen LogP contribution in [0.25, 0.3) is 0 Å². The zero-order valence-electron chi connectivity index (χ0n) is 11.6. The molecule has 21 heavy (non-hydrogen) atoms. The van der Waals surface area contributed by atoms with Crippen molar-refractivity contribution < 1.29 is 8.42 Å². The van der Waals surface area contributed by atoms with E-state index in [1.807, 2.05) is 12.1 Å². The fourth-order valence-corrected chi connectivity index (χ4v) is 3.28. The number of hydrogen-bond donors (Lipinski definition) is 1. The lowest BCUT2D eigenvalue weighted by Crippen LogP contribution is -2.13. The first-order valence-corrected chi connectivity index (χ1v) is 9.03. The van der Waals surface area contributed by atoms with Crippen molar-refractivity contribution in [2.75, 3.05) is 4.72 Å². The fourth-order valence-electron chi connectivity index (χ4n) is 1.81. The first-order valence-electron chi connectivity index (χ1n) is 6.37. The predicted octanol–water partition coefficient (Wildman–Crippen LogP) is 5.03. The number of benzene rings is 2. The summed E-state index contributed by atoms with van der Waals surface area (Å²) in [5, 5.41) is 0.449. The molecule has 112 valence electrons. The number of anilines is 1. The molecule has 0 bridgehead atoms. The van der Waals surface area contributed by atoms with Gasteiger partial charge in [-0.1, -0.05) is 37.6 Å². The molecule has 1 N–H and O–H groups in total. The molecule has 2 rings (SSSR count). The highest BCUT2D eigenvalue weighted by Gasteiger charge is 2.15. The van der Waals surface area contributed by atoms with E-state index in [9.17, 15) is 8.42 Å². The molecule has 0 saturated carbocycles. The SMILES string of the molecule is CC(C)c1ccc(S(=O)(=O)Nc2ccc(Br)c(Cl)c2)cc1.